The molecule has 13 rings (SSSR count). The smallest absolute Gasteiger partial charge is 0.233 e. The van der Waals surface area contributed by atoms with E-state index in [1.165, 1.54) is 39.9 Å². The summed E-state index contributed by atoms with van der Waals surface area (Å²) in [4.78, 5) is 60.6. The Balaban J connectivity index is 0.000000172. The fourth-order valence-electron chi connectivity index (χ4n) is 11.3. The van der Waals surface area contributed by atoms with Gasteiger partial charge in [0.05, 0.1) is 33.4 Å². The number of aromatic nitrogens is 8. The van der Waals surface area contributed by atoms with Crippen molar-refractivity contribution in [3.63, 3.8) is 0 Å². The van der Waals surface area contributed by atoms with Crippen molar-refractivity contribution in [2.45, 2.75) is 91.9 Å². The Morgan fingerprint density at radius 1 is 0.533 bits per heavy atom. The fraction of sp³-hybridized carbons (Fsp3) is 0.400. The highest BCUT2D eigenvalue weighted by atomic mass is 35.5. The number of rotatable bonds is 14. The second-order valence-corrected chi connectivity index (χ2v) is 25.4. The van der Waals surface area contributed by atoms with E-state index in [2.05, 4.69) is 171 Å². The number of nitrogens with one attached hydrogen (secondary N) is 3. The number of nitrogens with two attached hydrogens (primary N) is 2. The lowest BCUT2D eigenvalue weighted by atomic mass is 9.87. The van der Waals surface area contributed by atoms with Crippen LogP contribution in [0.4, 0.5) is 23.3 Å². The van der Waals surface area contributed by atoms with Gasteiger partial charge in [-0.05, 0) is 94.9 Å². The molecule has 3 aliphatic heterocycles. The van der Waals surface area contributed by atoms with Crippen LogP contribution in [0.1, 0.15) is 97.0 Å². The van der Waals surface area contributed by atoms with Crippen LogP contribution >= 0.6 is 11.6 Å². The molecule has 19 nitrogen and oxygen atoms in total. The van der Waals surface area contributed by atoms with Crippen LogP contribution in [0.3, 0.4) is 0 Å². The van der Waals surface area contributed by atoms with Gasteiger partial charge in [-0.1, -0.05) is 128 Å². The molecule has 3 aliphatic rings. The van der Waals surface area contributed by atoms with Gasteiger partial charge in [-0.25, -0.2) is 24.5 Å². The predicted octanol–water partition coefficient (Wildman–Crippen LogP) is 12.9. The number of ether oxygens (including phenoxy) is 3. The summed E-state index contributed by atoms with van der Waals surface area (Å²) in [7, 11) is 0. The van der Waals surface area contributed by atoms with Crippen LogP contribution in [-0.2, 0) is 20.4 Å². The summed E-state index contributed by atoms with van der Waals surface area (Å²) >= 11 is 4.82. The Morgan fingerprint density at radius 2 is 0.967 bits per heavy atom. The Bertz CT molecular complexity index is 4000. The van der Waals surface area contributed by atoms with E-state index in [-0.39, 0.29) is 27.9 Å². The number of imidazole rings is 4. The first-order valence-electron chi connectivity index (χ1n) is 31.5. The molecule has 474 valence electrons. The van der Waals surface area contributed by atoms with Gasteiger partial charge in [-0.3, -0.25) is 19.4 Å². The number of benzene rings is 6. The first-order valence-corrected chi connectivity index (χ1v) is 31.9. The summed E-state index contributed by atoms with van der Waals surface area (Å²) in [5.74, 6) is 3.75. The van der Waals surface area contributed by atoms with E-state index in [1.807, 2.05) is 43.3 Å². The number of fused-ring (bicyclic) bond motifs is 4. The predicted molar refractivity (Wildman–Crippen MR) is 366 cm³/mol. The van der Waals surface area contributed by atoms with Crippen molar-refractivity contribution in [2.24, 2.45) is 0 Å². The quantitative estimate of drug-likeness (QED) is 0.0638. The first kappa shape index (κ1) is 64.5. The highest BCUT2D eigenvalue weighted by Crippen LogP contribution is 2.34. The van der Waals surface area contributed by atoms with E-state index in [0.29, 0.717) is 48.8 Å². The van der Waals surface area contributed by atoms with Crippen molar-refractivity contribution < 1.29 is 23.8 Å². The molecule has 6 aromatic carbocycles. The van der Waals surface area contributed by atoms with Gasteiger partial charge in [0, 0.05) is 103 Å². The molecule has 90 heavy (non-hydrogen) atoms. The molecule has 0 aliphatic carbocycles. The number of halogens is 1. The molecule has 3 saturated heterocycles. The molecule has 3 fully saturated rings. The molecule has 7 heterocycles. The number of anilines is 4. The van der Waals surface area contributed by atoms with E-state index >= 15 is 0 Å². The molecule has 0 radical (unpaired) electrons. The molecule has 0 amide bonds. The minimum Gasteiger partial charge on any atom is -0.490 e. The number of aromatic amines is 3. The average molecular weight is 1240 g/mol. The zero-order valence-electron chi connectivity index (χ0n) is 53.4. The topological polar surface area (TPSA) is 231 Å². The number of nitrogen functional groups attached to an aromatic ring is 2. The summed E-state index contributed by atoms with van der Waals surface area (Å²) in [6.07, 6.45) is 3.34. The van der Waals surface area contributed by atoms with Crippen molar-refractivity contribution in [2.75, 3.05) is 113 Å². The summed E-state index contributed by atoms with van der Waals surface area (Å²) in [6.45, 7) is 29.3. The van der Waals surface area contributed by atoms with Crippen molar-refractivity contribution in [1.29, 1.82) is 0 Å². The van der Waals surface area contributed by atoms with Crippen molar-refractivity contribution in [3.05, 3.63) is 132 Å². The van der Waals surface area contributed by atoms with E-state index in [9.17, 15) is 9.59 Å². The molecule has 7 N–H and O–H groups in total. The van der Waals surface area contributed by atoms with E-state index in [1.54, 1.807) is 6.92 Å². The van der Waals surface area contributed by atoms with Gasteiger partial charge in [0.15, 0.2) is 5.95 Å². The van der Waals surface area contributed by atoms with Crippen LogP contribution in [0.15, 0.2) is 121 Å². The van der Waals surface area contributed by atoms with Crippen molar-refractivity contribution in [1.82, 2.24) is 49.3 Å². The van der Waals surface area contributed by atoms with Gasteiger partial charge in [-0.2, -0.15) is 0 Å². The maximum atomic E-state index is 12.3. The molecular weight excluding hydrogens is 1150 g/mol. The number of carbonyl (C=O) groups is 2. The number of H-pyrrole nitrogens is 3. The molecule has 10 aromatic rings. The Kier molecular flexibility index (Phi) is 20.8. The maximum absolute atomic E-state index is 12.3. The van der Waals surface area contributed by atoms with Crippen molar-refractivity contribution >= 4 is 90.2 Å². The number of piperazine rings is 2. The number of para-hydroxylation sites is 4. The van der Waals surface area contributed by atoms with E-state index in [0.717, 1.165) is 140 Å². The fourth-order valence-corrected chi connectivity index (χ4v) is 11.3. The minimum atomic E-state index is -0.273. The molecule has 0 bridgehead atoms. The van der Waals surface area contributed by atoms with Gasteiger partial charge < -0.3 is 50.4 Å². The van der Waals surface area contributed by atoms with Crippen LogP contribution in [0.2, 0.25) is 0 Å². The Morgan fingerprint density at radius 3 is 1.39 bits per heavy atom. The number of carbonyl (C=O) groups excluding carboxylic acids is 2. The third-order valence-corrected chi connectivity index (χ3v) is 16.9. The summed E-state index contributed by atoms with van der Waals surface area (Å²) < 4.78 is 18.6. The van der Waals surface area contributed by atoms with Gasteiger partial charge >= 0.3 is 0 Å². The molecule has 0 spiro atoms. The van der Waals surface area contributed by atoms with E-state index < -0.39 is 0 Å². The average Bonchev–Trinajstić information content (AvgIpc) is 1.83. The third kappa shape index (κ3) is 15.7. The summed E-state index contributed by atoms with van der Waals surface area (Å²) in [5.41, 5.74) is 26.5. The highest BCUT2D eigenvalue weighted by molar-refractivity contribution is 6.63. The third-order valence-electron chi connectivity index (χ3n) is 16.6. The van der Waals surface area contributed by atoms with Crippen LogP contribution in [0.25, 0.3) is 66.9 Å². The normalized spacial score (nSPS) is 14.9. The van der Waals surface area contributed by atoms with Crippen LogP contribution in [-0.4, -0.2) is 152 Å². The number of hydrogen-bond donors (Lipinski definition) is 5. The zero-order valence-corrected chi connectivity index (χ0v) is 54.1. The molecule has 20 heteroatoms. The second-order valence-electron chi connectivity index (χ2n) is 25.0. The largest absolute Gasteiger partial charge is 0.490 e. The summed E-state index contributed by atoms with van der Waals surface area (Å²) in [5, 5.41) is -0.273. The SMILES string of the molecule is C1CCOC1.CC(C)(C)c1ccc(-c2nc3c(N4CCN(CCOc5cccc6[nH]c(N)nc56)CC4)cccc3[nH]2)cc1.CCC(=O)Cl.CCC(=O)n1c(N)nc2c(OCCN3CCN(c4cccc5[nH]c(-c6ccc(C(C)(C)C)cc6)nc45)CC3)cccc21. The van der Waals surface area contributed by atoms with Crippen molar-refractivity contribution in [3.8, 4) is 34.3 Å². The zero-order chi connectivity index (χ0) is 63.5. The molecule has 0 unspecified atom stereocenters. The van der Waals surface area contributed by atoms with Gasteiger partial charge in [0.2, 0.25) is 17.1 Å². The maximum Gasteiger partial charge on any atom is 0.233 e. The lowest BCUT2D eigenvalue weighted by Gasteiger charge is -2.36. The number of nitrogens with zero attached hydrogens (tertiary/aromatic N) is 9. The standard InChI is InChI=1S/C33H39N7O2.C30H35N7O.C4H8O.C3H5ClO/c1-5-28(41)40-26-10-7-11-27(30(26)37-32(40)34)42-21-20-38-16-18-39(19-17-38)25-9-6-8-24-29(25)36-31(35-24)22-12-14-23(15-13-22)33(2,3)4;1-30(2,3)21-12-10-20(11-13-21)28-32-22-6-4-8-24(26(22)34-28)37-16-14-36(15-17-37)18-19-38-25-9-5-7-23-27(25)35-29(31)33-23;1-2-4-5-3-1;1-2-3(4)5/h6-15H,5,16-21H2,1-4H3,(H2,34,37)(H,35,36);4-13H,14-19H2,1-3H3,(H,32,34)(H3,31,33,35);1-4H2;2H2,1H3. The number of hydrogen-bond acceptors (Lipinski definition) is 15. The highest BCUT2D eigenvalue weighted by Gasteiger charge is 2.24. The van der Waals surface area contributed by atoms with Gasteiger partial charge in [0.1, 0.15) is 58.4 Å². The minimum absolute atomic E-state index is 0.0819. The summed E-state index contributed by atoms with van der Waals surface area (Å²) in [6, 6.07) is 41.7. The van der Waals surface area contributed by atoms with Gasteiger partial charge in [0.25, 0.3) is 0 Å². The first-order chi connectivity index (χ1) is 43.3. The molecular formula is C70H87ClN14O5. The molecule has 0 saturated carbocycles. The second kappa shape index (κ2) is 29.0. The monoisotopic (exact) mass is 1240 g/mol. The lowest BCUT2D eigenvalue weighted by molar-refractivity contribution is -0.111. The van der Waals surface area contributed by atoms with Crippen LogP contribution in [0.5, 0.6) is 11.5 Å². The lowest BCUT2D eigenvalue weighted by Crippen LogP contribution is -2.47. The molecule has 0 atom stereocenters. The molecule has 4 aromatic heterocycles. The van der Waals surface area contributed by atoms with Crippen LogP contribution < -0.4 is 30.7 Å². The van der Waals surface area contributed by atoms with Gasteiger partial charge in [-0.15, -0.1) is 0 Å². The Hall–Kier alpha value is -8.49. The van der Waals surface area contributed by atoms with Crippen LogP contribution in [0, 0.1) is 0 Å². The Labute approximate surface area is 532 Å². The van der Waals surface area contributed by atoms with E-state index in [4.69, 9.17) is 47.2 Å².